The van der Waals surface area contributed by atoms with Crippen LogP contribution in [-0.2, 0) is 4.79 Å². The SMILES string of the molecule is CCCNc1ncc([N+](=O)[O-])c(NC(C)(C)CC(N)=O)n1. The highest BCUT2D eigenvalue weighted by Crippen LogP contribution is 2.26. The number of nitro groups is 1. The molecule has 0 aliphatic carbocycles. The van der Waals surface area contributed by atoms with Crippen LogP contribution in [0.5, 0.6) is 0 Å². The number of nitrogens with one attached hydrogen (secondary N) is 2. The average molecular weight is 296 g/mol. The van der Waals surface area contributed by atoms with E-state index in [4.69, 9.17) is 5.73 Å². The zero-order valence-corrected chi connectivity index (χ0v) is 12.3. The summed E-state index contributed by atoms with van der Waals surface area (Å²) in [6.45, 7) is 6.06. The summed E-state index contributed by atoms with van der Waals surface area (Å²) in [5, 5.41) is 16.9. The lowest BCUT2D eigenvalue weighted by atomic mass is 10.0. The van der Waals surface area contributed by atoms with E-state index in [1.54, 1.807) is 13.8 Å². The molecule has 1 rings (SSSR count). The van der Waals surface area contributed by atoms with Crippen molar-refractivity contribution in [3.8, 4) is 0 Å². The zero-order valence-electron chi connectivity index (χ0n) is 12.3. The Labute approximate surface area is 122 Å². The molecule has 0 aliphatic rings. The van der Waals surface area contributed by atoms with Crippen LogP contribution in [0.25, 0.3) is 0 Å². The van der Waals surface area contributed by atoms with Gasteiger partial charge in [0.1, 0.15) is 6.20 Å². The van der Waals surface area contributed by atoms with Crippen LogP contribution in [0.15, 0.2) is 6.20 Å². The van der Waals surface area contributed by atoms with Gasteiger partial charge in [0.2, 0.25) is 17.7 Å². The molecule has 0 saturated carbocycles. The normalized spacial score (nSPS) is 11.0. The van der Waals surface area contributed by atoms with Crippen LogP contribution in [0.3, 0.4) is 0 Å². The van der Waals surface area contributed by atoms with Crippen molar-refractivity contribution in [1.29, 1.82) is 0 Å². The molecule has 0 radical (unpaired) electrons. The third kappa shape index (κ3) is 5.21. The van der Waals surface area contributed by atoms with E-state index in [-0.39, 0.29) is 17.9 Å². The van der Waals surface area contributed by atoms with Crippen molar-refractivity contribution in [2.24, 2.45) is 5.73 Å². The maximum Gasteiger partial charge on any atom is 0.329 e. The first-order chi connectivity index (χ1) is 9.75. The van der Waals surface area contributed by atoms with E-state index in [9.17, 15) is 14.9 Å². The molecule has 1 aromatic rings. The number of nitrogens with two attached hydrogens (primary N) is 1. The quantitative estimate of drug-likeness (QED) is 0.485. The van der Waals surface area contributed by atoms with Gasteiger partial charge >= 0.3 is 5.69 Å². The molecule has 9 nitrogen and oxygen atoms in total. The maximum absolute atomic E-state index is 11.0. The maximum atomic E-state index is 11.0. The molecule has 0 saturated heterocycles. The van der Waals surface area contributed by atoms with Gasteiger partial charge in [-0.25, -0.2) is 4.98 Å². The highest BCUT2D eigenvalue weighted by Gasteiger charge is 2.26. The van der Waals surface area contributed by atoms with Crippen LogP contribution >= 0.6 is 0 Å². The number of aromatic nitrogens is 2. The lowest BCUT2D eigenvalue weighted by Crippen LogP contribution is -2.36. The monoisotopic (exact) mass is 296 g/mol. The van der Waals surface area contributed by atoms with E-state index < -0.39 is 16.4 Å². The van der Waals surface area contributed by atoms with Gasteiger partial charge in [-0.1, -0.05) is 6.92 Å². The van der Waals surface area contributed by atoms with Crippen molar-refractivity contribution in [3.63, 3.8) is 0 Å². The van der Waals surface area contributed by atoms with Crippen molar-refractivity contribution < 1.29 is 9.72 Å². The van der Waals surface area contributed by atoms with Gasteiger partial charge in [0, 0.05) is 18.5 Å². The fourth-order valence-corrected chi connectivity index (χ4v) is 1.72. The van der Waals surface area contributed by atoms with Crippen LogP contribution in [-0.4, -0.2) is 32.9 Å². The van der Waals surface area contributed by atoms with Crippen molar-refractivity contribution in [1.82, 2.24) is 9.97 Å². The van der Waals surface area contributed by atoms with Crippen LogP contribution in [0.4, 0.5) is 17.5 Å². The topological polar surface area (TPSA) is 136 Å². The summed E-state index contributed by atoms with van der Waals surface area (Å²) < 4.78 is 0. The van der Waals surface area contributed by atoms with E-state index in [2.05, 4.69) is 20.6 Å². The smallest absolute Gasteiger partial charge is 0.329 e. The molecular formula is C12H20N6O3. The molecule has 116 valence electrons. The number of carbonyl (C=O) groups is 1. The molecule has 0 aliphatic heterocycles. The Kier molecular flexibility index (Phi) is 5.39. The summed E-state index contributed by atoms with van der Waals surface area (Å²) in [6, 6.07) is 0. The predicted octanol–water partition coefficient (Wildman–Crippen LogP) is 1.27. The fourth-order valence-electron chi connectivity index (χ4n) is 1.72. The number of primary amides is 1. The second-order valence-corrected chi connectivity index (χ2v) is 5.26. The predicted molar refractivity (Wildman–Crippen MR) is 79.0 cm³/mol. The number of nitrogens with zero attached hydrogens (tertiary/aromatic N) is 3. The number of anilines is 2. The van der Waals surface area contributed by atoms with Crippen LogP contribution in [0, 0.1) is 10.1 Å². The molecule has 0 spiro atoms. The molecular weight excluding hydrogens is 276 g/mol. The van der Waals surface area contributed by atoms with Crippen LogP contribution < -0.4 is 16.4 Å². The molecule has 0 fully saturated rings. The van der Waals surface area contributed by atoms with E-state index in [0.29, 0.717) is 12.5 Å². The Morgan fingerprint density at radius 1 is 1.52 bits per heavy atom. The molecule has 0 atom stereocenters. The number of hydrogen-bond donors (Lipinski definition) is 3. The summed E-state index contributed by atoms with van der Waals surface area (Å²) in [6.07, 6.45) is 2.02. The number of hydrogen-bond acceptors (Lipinski definition) is 7. The first kappa shape index (κ1) is 16.6. The largest absolute Gasteiger partial charge is 0.370 e. The van der Waals surface area contributed by atoms with Crippen molar-refractivity contribution in [2.75, 3.05) is 17.2 Å². The molecule has 9 heteroatoms. The average Bonchev–Trinajstić information content (AvgIpc) is 2.33. The molecule has 0 aromatic carbocycles. The van der Waals surface area contributed by atoms with Crippen molar-refractivity contribution in [2.45, 2.75) is 39.2 Å². The lowest BCUT2D eigenvalue weighted by molar-refractivity contribution is -0.384. The minimum absolute atomic E-state index is 0.0197. The highest BCUT2D eigenvalue weighted by molar-refractivity contribution is 5.76. The van der Waals surface area contributed by atoms with Crippen molar-refractivity contribution in [3.05, 3.63) is 16.3 Å². The number of amides is 1. The Bertz CT molecular complexity index is 532. The molecule has 0 unspecified atom stereocenters. The van der Waals surface area contributed by atoms with Crippen LogP contribution in [0.2, 0.25) is 0 Å². The van der Waals surface area contributed by atoms with E-state index in [0.717, 1.165) is 12.6 Å². The fraction of sp³-hybridized carbons (Fsp3) is 0.583. The molecule has 1 heterocycles. The minimum Gasteiger partial charge on any atom is -0.370 e. The summed E-state index contributed by atoms with van der Waals surface area (Å²) in [7, 11) is 0. The Morgan fingerprint density at radius 2 is 2.19 bits per heavy atom. The van der Waals surface area contributed by atoms with Gasteiger partial charge in [-0.05, 0) is 20.3 Å². The van der Waals surface area contributed by atoms with Gasteiger partial charge in [-0.15, -0.1) is 0 Å². The lowest BCUT2D eigenvalue weighted by Gasteiger charge is -2.25. The summed E-state index contributed by atoms with van der Waals surface area (Å²) in [4.78, 5) is 29.5. The molecule has 0 bridgehead atoms. The third-order valence-electron chi connectivity index (χ3n) is 2.57. The van der Waals surface area contributed by atoms with Gasteiger partial charge in [0.25, 0.3) is 0 Å². The summed E-state index contributed by atoms with van der Waals surface area (Å²) >= 11 is 0. The Hall–Kier alpha value is -2.45. The molecule has 1 amide bonds. The second kappa shape index (κ2) is 6.82. The first-order valence-electron chi connectivity index (χ1n) is 6.57. The standard InChI is InChI=1S/C12H20N6O3/c1-4-5-14-11-15-7-8(18(20)21)10(16-11)17-12(2,3)6-9(13)19/h7H,4-6H2,1-3H3,(H2,13,19)(H2,14,15,16,17). The minimum atomic E-state index is -0.757. The van der Waals surface area contributed by atoms with Gasteiger partial charge < -0.3 is 16.4 Å². The second-order valence-electron chi connectivity index (χ2n) is 5.26. The summed E-state index contributed by atoms with van der Waals surface area (Å²) in [5.41, 5.74) is 4.16. The van der Waals surface area contributed by atoms with Gasteiger partial charge in [-0.2, -0.15) is 4.98 Å². The Morgan fingerprint density at radius 3 is 2.71 bits per heavy atom. The summed E-state index contributed by atoms with van der Waals surface area (Å²) in [5.74, 6) is -0.159. The zero-order chi connectivity index (χ0) is 16.0. The van der Waals surface area contributed by atoms with E-state index in [1.165, 1.54) is 0 Å². The van der Waals surface area contributed by atoms with Crippen molar-refractivity contribution >= 4 is 23.4 Å². The highest BCUT2D eigenvalue weighted by atomic mass is 16.6. The Balaban J connectivity index is 3.05. The van der Waals surface area contributed by atoms with Gasteiger partial charge in [0.05, 0.1) is 4.92 Å². The van der Waals surface area contributed by atoms with E-state index >= 15 is 0 Å². The first-order valence-corrected chi connectivity index (χ1v) is 6.57. The van der Waals surface area contributed by atoms with E-state index in [1.807, 2.05) is 6.92 Å². The molecule has 4 N–H and O–H groups in total. The van der Waals surface area contributed by atoms with Gasteiger partial charge in [-0.3, -0.25) is 14.9 Å². The third-order valence-corrected chi connectivity index (χ3v) is 2.57. The molecule has 21 heavy (non-hydrogen) atoms. The molecule has 1 aromatic heterocycles. The van der Waals surface area contributed by atoms with Crippen LogP contribution in [0.1, 0.15) is 33.6 Å². The van der Waals surface area contributed by atoms with Gasteiger partial charge in [0.15, 0.2) is 0 Å². The number of carbonyl (C=O) groups excluding carboxylic acids is 1. The number of rotatable bonds is 8.